The molecule has 1 rings (SSSR count). The molecule has 0 aliphatic rings. The third-order valence-electron chi connectivity index (χ3n) is 3.17. The summed E-state index contributed by atoms with van der Waals surface area (Å²) in [5.41, 5.74) is 7.62. The summed E-state index contributed by atoms with van der Waals surface area (Å²) in [6.07, 6.45) is 0.913. The number of hydrogen-bond donors (Lipinski definition) is 3. The predicted octanol–water partition coefficient (Wildman–Crippen LogP) is 3.22. The van der Waals surface area contributed by atoms with Crippen LogP contribution in [-0.2, 0) is 9.59 Å². The van der Waals surface area contributed by atoms with Gasteiger partial charge < -0.3 is 16.4 Å². The maximum atomic E-state index is 11.9. The molecule has 1 aromatic rings. The molecule has 0 unspecified atom stereocenters. The highest BCUT2D eigenvalue weighted by Gasteiger charge is 2.20. The van der Waals surface area contributed by atoms with Crippen LogP contribution in [0.5, 0.6) is 0 Å². The van der Waals surface area contributed by atoms with Crippen molar-refractivity contribution in [3.8, 4) is 0 Å². The van der Waals surface area contributed by atoms with E-state index in [-0.39, 0.29) is 11.8 Å². The molecule has 5 nitrogen and oxygen atoms in total. The second-order valence-electron chi connectivity index (χ2n) is 6.34. The van der Waals surface area contributed by atoms with Crippen LogP contribution in [-0.4, -0.2) is 18.4 Å². The third kappa shape index (κ3) is 5.67. The van der Waals surface area contributed by atoms with Crippen LogP contribution in [0.3, 0.4) is 0 Å². The molecule has 0 atom stereocenters. The maximum Gasteiger partial charge on any atom is 0.225 e. The van der Waals surface area contributed by atoms with Crippen molar-refractivity contribution < 1.29 is 9.59 Å². The maximum absolute atomic E-state index is 11.9. The third-order valence-corrected chi connectivity index (χ3v) is 3.63. The molecule has 0 bridgehead atoms. The largest absolute Gasteiger partial charge is 0.397 e. The minimum atomic E-state index is -0.412. The molecule has 0 spiro atoms. The van der Waals surface area contributed by atoms with Crippen molar-refractivity contribution in [2.75, 3.05) is 17.6 Å². The average Bonchev–Trinajstić information content (AvgIpc) is 2.39. The van der Waals surface area contributed by atoms with E-state index < -0.39 is 5.41 Å². The number of benzene rings is 1. The van der Waals surface area contributed by atoms with E-state index in [0.717, 1.165) is 10.0 Å². The van der Waals surface area contributed by atoms with E-state index in [1.807, 2.05) is 33.8 Å². The standard InChI is InChI=1S/C16H24BrN3O2/c1-10-8-11(17)9-12(14(10)18)20-13(21)6-5-7-19-15(22)16(2,3)4/h8-9H,5-7,18H2,1-4H3,(H,19,22)(H,20,21). The molecular formula is C16H24BrN3O2. The molecule has 0 saturated carbocycles. The van der Waals surface area contributed by atoms with Crippen LogP contribution in [0.25, 0.3) is 0 Å². The van der Waals surface area contributed by atoms with Gasteiger partial charge in [-0.25, -0.2) is 0 Å². The van der Waals surface area contributed by atoms with Crippen LogP contribution in [0.4, 0.5) is 11.4 Å². The number of carbonyl (C=O) groups is 2. The van der Waals surface area contributed by atoms with Gasteiger partial charge in [-0.05, 0) is 31.0 Å². The minimum absolute atomic E-state index is 0.0141. The van der Waals surface area contributed by atoms with Crippen LogP contribution in [0.15, 0.2) is 16.6 Å². The summed E-state index contributed by atoms with van der Waals surface area (Å²) >= 11 is 3.38. The molecule has 0 aliphatic carbocycles. The van der Waals surface area contributed by atoms with E-state index in [1.54, 1.807) is 6.07 Å². The van der Waals surface area contributed by atoms with Crippen LogP contribution in [0.1, 0.15) is 39.2 Å². The van der Waals surface area contributed by atoms with E-state index in [1.165, 1.54) is 0 Å². The van der Waals surface area contributed by atoms with Gasteiger partial charge in [-0.15, -0.1) is 0 Å². The number of nitrogen functional groups attached to an aromatic ring is 1. The second-order valence-corrected chi connectivity index (χ2v) is 7.26. The van der Waals surface area contributed by atoms with Gasteiger partial charge in [0.05, 0.1) is 11.4 Å². The van der Waals surface area contributed by atoms with Crippen molar-refractivity contribution in [2.45, 2.75) is 40.5 Å². The molecule has 0 saturated heterocycles. The van der Waals surface area contributed by atoms with Crippen molar-refractivity contribution in [3.05, 3.63) is 22.2 Å². The Morgan fingerprint density at radius 3 is 2.50 bits per heavy atom. The molecular weight excluding hydrogens is 346 g/mol. The van der Waals surface area contributed by atoms with Crippen LogP contribution >= 0.6 is 15.9 Å². The summed E-state index contributed by atoms with van der Waals surface area (Å²) in [5.74, 6) is -0.131. The topological polar surface area (TPSA) is 84.2 Å². The normalized spacial score (nSPS) is 11.1. The summed E-state index contributed by atoms with van der Waals surface area (Å²) in [6, 6.07) is 3.68. The predicted molar refractivity (Wildman–Crippen MR) is 93.6 cm³/mol. The number of hydrogen-bond acceptors (Lipinski definition) is 3. The van der Waals surface area contributed by atoms with E-state index in [0.29, 0.717) is 30.8 Å². The Balaban J connectivity index is 2.44. The molecule has 0 fully saturated rings. The number of anilines is 2. The van der Waals surface area contributed by atoms with Crippen molar-refractivity contribution >= 4 is 39.1 Å². The number of carbonyl (C=O) groups excluding carboxylic acids is 2. The van der Waals surface area contributed by atoms with E-state index >= 15 is 0 Å². The Bertz CT molecular complexity index is 565. The highest BCUT2D eigenvalue weighted by Crippen LogP contribution is 2.27. The van der Waals surface area contributed by atoms with Gasteiger partial charge in [-0.2, -0.15) is 0 Å². The summed E-state index contributed by atoms with van der Waals surface area (Å²) in [4.78, 5) is 23.6. The number of halogens is 1. The Labute approximate surface area is 140 Å². The van der Waals surface area contributed by atoms with Crippen LogP contribution in [0, 0.1) is 12.3 Å². The lowest BCUT2D eigenvalue weighted by atomic mass is 9.96. The molecule has 22 heavy (non-hydrogen) atoms. The molecule has 2 amide bonds. The van der Waals surface area contributed by atoms with Crippen molar-refractivity contribution in [1.29, 1.82) is 0 Å². The quantitative estimate of drug-likeness (QED) is 0.550. The molecule has 0 aliphatic heterocycles. The van der Waals surface area contributed by atoms with Gasteiger partial charge in [0, 0.05) is 22.9 Å². The van der Waals surface area contributed by atoms with Crippen LogP contribution < -0.4 is 16.4 Å². The molecule has 0 radical (unpaired) electrons. The molecule has 4 N–H and O–H groups in total. The lowest BCUT2D eigenvalue weighted by molar-refractivity contribution is -0.128. The highest BCUT2D eigenvalue weighted by atomic mass is 79.9. The van der Waals surface area contributed by atoms with Gasteiger partial charge in [0.25, 0.3) is 0 Å². The molecule has 0 aromatic heterocycles. The lowest BCUT2D eigenvalue weighted by Crippen LogP contribution is -2.35. The van der Waals surface area contributed by atoms with E-state index in [9.17, 15) is 9.59 Å². The number of nitrogens with one attached hydrogen (secondary N) is 2. The fourth-order valence-electron chi connectivity index (χ4n) is 1.79. The molecule has 6 heteroatoms. The number of nitrogens with two attached hydrogens (primary N) is 1. The Kier molecular flexibility index (Phi) is 6.41. The zero-order valence-corrected chi connectivity index (χ0v) is 15.1. The smallest absolute Gasteiger partial charge is 0.225 e. The van der Waals surface area contributed by atoms with Gasteiger partial charge in [-0.1, -0.05) is 36.7 Å². The lowest BCUT2D eigenvalue weighted by Gasteiger charge is -2.17. The van der Waals surface area contributed by atoms with Crippen molar-refractivity contribution in [2.24, 2.45) is 5.41 Å². The van der Waals surface area contributed by atoms with Crippen LogP contribution in [0.2, 0.25) is 0 Å². The number of rotatable bonds is 5. The van der Waals surface area contributed by atoms with Gasteiger partial charge in [0.1, 0.15) is 0 Å². The summed E-state index contributed by atoms with van der Waals surface area (Å²) < 4.78 is 0.868. The summed E-state index contributed by atoms with van der Waals surface area (Å²) in [6.45, 7) is 7.93. The molecule has 0 heterocycles. The minimum Gasteiger partial charge on any atom is -0.397 e. The van der Waals surface area contributed by atoms with Gasteiger partial charge >= 0.3 is 0 Å². The summed E-state index contributed by atoms with van der Waals surface area (Å²) in [5, 5.41) is 5.62. The number of amides is 2. The number of aryl methyl sites for hydroxylation is 1. The first-order chi connectivity index (χ1) is 10.1. The first-order valence-corrected chi connectivity index (χ1v) is 8.04. The van der Waals surface area contributed by atoms with E-state index in [4.69, 9.17) is 5.73 Å². The Hall–Kier alpha value is -1.56. The second kappa shape index (κ2) is 7.63. The van der Waals surface area contributed by atoms with Gasteiger partial charge in [0.2, 0.25) is 11.8 Å². The average molecular weight is 370 g/mol. The molecule has 122 valence electrons. The van der Waals surface area contributed by atoms with Crippen molar-refractivity contribution in [1.82, 2.24) is 5.32 Å². The zero-order chi connectivity index (χ0) is 16.9. The zero-order valence-electron chi connectivity index (χ0n) is 13.5. The SMILES string of the molecule is Cc1cc(Br)cc(NC(=O)CCCNC(=O)C(C)(C)C)c1N. The Morgan fingerprint density at radius 2 is 1.91 bits per heavy atom. The fraction of sp³-hybridized carbons (Fsp3) is 0.500. The van der Waals surface area contributed by atoms with Gasteiger partial charge in [-0.3, -0.25) is 9.59 Å². The fourth-order valence-corrected chi connectivity index (χ4v) is 2.36. The van der Waals surface area contributed by atoms with Gasteiger partial charge in [0.15, 0.2) is 0 Å². The Morgan fingerprint density at radius 1 is 1.27 bits per heavy atom. The highest BCUT2D eigenvalue weighted by molar-refractivity contribution is 9.10. The first kappa shape index (κ1) is 18.5. The summed E-state index contributed by atoms with van der Waals surface area (Å²) in [7, 11) is 0. The molecule has 1 aromatic carbocycles. The monoisotopic (exact) mass is 369 g/mol. The first-order valence-electron chi connectivity index (χ1n) is 7.25. The van der Waals surface area contributed by atoms with Crippen molar-refractivity contribution in [3.63, 3.8) is 0 Å². The van der Waals surface area contributed by atoms with E-state index in [2.05, 4.69) is 26.6 Å².